The van der Waals surface area contributed by atoms with Crippen LogP contribution in [0.1, 0.15) is 27.8 Å². The number of nitrogens with one attached hydrogen (secondary N) is 1. The van der Waals surface area contributed by atoms with Crippen molar-refractivity contribution in [1.82, 2.24) is 9.88 Å². The van der Waals surface area contributed by atoms with Gasteiger partial charge in [0.15, 0.2) is 0 Å². The molecule has 0 fully saturated rings. The van der Waals surface area contributed by atoms with E-state index in [4.69, 9.17) is 0 Å². The van der Waals surface area contributed by atoms with Crippen LogP contribution < -0.4 is 5.32 Å². The van der Waals surface area contributed by atoms with Crippen molar-refractivity contribution in [3.05, 3.63) is 95.3 Å². The molecule has 2 aromatic carbocycles. The highest BCUT2D eigenvalue weighted by atomic mass is 19.1. The van der Waals surface area contributed by atoms with Gasteiger partial charge in [-0.2, -0.15) is 0 Å². The average Bonchev–Trinajstić information content (AvgIpc) is 2.92. The maximum absolute atomic E-state index is 14.1. The number of benzene rings is 2. The van der Waals surface area contributed by atoms with Gasteiger partial charge in [-0.3, -0.25) is 9.78 Å². The van der Waals surface area contributed by atoms with Crippen LogP contribution in [0.2, 0.25) is 0 Å². The Morgan fingerprint density at radius 3 is 2.65 bits per heavy atom. The minimum Gasteiger partial charge on any atom is -0.358 e. The van der Waals surface area contributed by atoms with Crippen LogP contribution in [0.3, 0.4) is 0 Å². The van der Waals surface area contributed by atoms with E-state index in [2.05, 4.69) is 10.3 Å². The summed E-state index contributed by atoms with van der Waals surface area (Å²) in [6, 6.07) is 16.0. The Hall–Kier alpha value is -3.28. The molecule has 130 valence electrons. The summed E-state index contributed by atoms with van der Waals surface area (Å²) in [6.45, 7) is 0.324. The van der Waals surface area contributed by atoms with Crippen LogP contribution in [0, 0.1) is 11.6 Å². The Kier molecular flexibility index (Phi) is 4.08. The molecule has 3 aromatic rings. The van der Waals surface area contributed by atoms with Crippen molar-refractivity contribution in [2.45, 2.75) is 12.7 Å². The quantitative estimate of drug-likeness (QED) is 0.769. The summed E-state index contributed by atoms with van der Waals surface area (Å²) in [7, 11) is 0. The highest BCUT2D eigenvalue weighted by Crippen LogP contribution is 2.34. The fraction of sp³-hybridized carbons (Fsp3) is 0.100. The standard InChI is InChI=1S/C20H15F2N3O/c21-14-8-9-16(22)17(11-14)24-19-18-15(7-4-10-23-18)20(26)25(19)12-13-5-2-1-3-6-13/h1-11,19,24H,12H2/t19-/m0/s1. The molecule has 1 amide bonds. The molecule has 0 aliphatic carbocycles. The Morgan fingerprint density at radius 1 is 1.04 bits per heavy atom. The fourth-order valence-electron chi connectivity index (χ4n) is 3.08. The Morgan fingerprint density at radius 2 is 1.85 bits per heavy atom. The maximum atomic E-state index is 14.1. The molecule has 0 saturated carbocycles. The molecule has 1 atom stereocenters. The number of carbonyl (C=O) groups is 1. The molecular weight excluding hydrogens is 336 g/mol. The molecule has 0 radical (unpaired) electrons. The predicted octanol–water partition coefficient (Wildman–Crippen LogP) is 4.13. The molecule has 0 spiro atoms. The second kappa shape index (κ2) is 6.55. The van der Waals surface area contributed by atoms with Crippen LogP contribution in [0.15, 0.2) is 66.9 Å². The SMILES string of the molecule is O=C1c2cccnc2[C@@H](Nc2cc(F)ccc2F)N1Cc1ccccc1. The van der Waals surface area contributed by atoms with Crippen molar-refractivity contribution in [1.29, 1.82) is 0 Å². The van der Waals surface area contributed by atoms with Crippen molar-refractivity contribution in [3.63, 3.8) is 0 Å². The third kappa shape index (κ3) is 2.90. The summed E-state index contributed by atoms with van der Waals surface area (Å²) in [6.07, 6.45) is 0.893. The van der Waals surface area contributed by atoms with Crippen molar-refractivity contribution >= 4 is 11.6 Å². The molecule has 2 heterocycles. The Bertz CT molecular complexity index is 962. The number of hydrogen-bond acceptors (Lipinski definition) is 3. The predicted molar refractivity (Wildman–Crippen MR) is 93.3 cm³/mol. The normalized spacial score (nSPS) is 15.8. The maximum Gasteiger partial charge on any atom is 0.258 e. The number of anilines is 1. The van der Waals surface area contributed by atoms with Crippen molar-refractivity contribution < 1.29 is 13.6 Å². The summed E-state index contributed by atoms with van der Waals surface area (Å²) < 4.78 is 27.6. The van der Waals surface area contributed by atoms with Crippen LogP contribution in [-0.2, 0) is 6.54 Å². The van der Waals surface area contributed by atoms with E-state index in [-0.39, 0.29) is 11.6 Å². The van der Waals surface area contributed by atoms with Gasteiger partial charge in [0.2, 0.25) is 0 Å². The highest BCUT2D eigenvalue weighted by molar-refractivity contribution is 5.98. The first kappa shape index (κ1) is 16.2. The van der Waals surface area contributed by atoms with Crippen molar-refractivity contribution in [3.8, 4) is 0 Å². The molecule has 0 unspecified atom stereocenters. The van der Waals surface area contributed by atoms with Gasteiger partial charge in [-0.25, -0.2) is 8.78 Å². The lowest BCUT2D eigenvalue weighted by Gasteiger charge is -2.26. The topological polar surface area (TPSA) is 45.2 Å². The van der Waals surface area contributed by atoms with E-state index in [0.29, 0.717) is 17.8 Å². The summed E-state index contributed by atoms with van der Waals surface area (Å²) in [5.74, 6) is -1.36. The lowest BCUT2D eigenvalue weighted by atomic mass is 10.2. The number of carbonyl (C=O) groups excluding carboxylic acids is 1. The van der Waals surface area contributed by atoms with Crippen LogP contribution in [0.4, 0.5) is 14.5 Å². The molecular formula is C20H15F2N3O. The largest absolute Gasteiger partial charge is 0.358 e. The third-order valence-electron chi connectivity index (χ3n) is 4.32. The summed E-state index contributed by atoms with van der Waals surface area (Å²) in [5, 5.41) is 2.93. The summed E-state index contributed by atoms with van der Waals surface area (Å²) in [4.78, 5) is 18.7. The van der Waals surface area contributed by atoms with Gasteiger partial charge in [-0.1, -0.05) is 30.3 Å². The zero-order chi connectivity index (χ0) is 18.1. The first-order valence-electron chi connectivity index (χ1n) is 8.15. The molecule has 6 heteroatoms. The second-order valence-electron chi connectivity index (χ2n) is 6.03. The summed E-state index contributed by atoms with van der Waals surface area (Å²) in [5.41, 5.74) is 1.87. The molecule has 26 heavy (non-hydrogen) atoms. The van der Waals surface area contributed by atoms with Crippen LogP contribution >= 0.6 is 0 Å². The van der Waals surface area contributed by atoms with Gasteiger partial charge in [-0.05, 0) is 29.8 Å². The van der Waals surface area contributed by atoms with Gasteiger partial charge in [0.1, 0.15) is 17.8 Å². The van der Waals surface area contributed by atoms with E-state index in [0.717, 1.165) is 23.8 Å². The first-order valence-corrected chi connectivity index (χ1v) is 8.15. The zero-order valence-corrected chi connectivity index (χ0v) is 13.7. The minimum atomic E-state index is -0.685. The lowest BCUT2D eigenvalue weighted by molar-refractivity contribution is 0.0727. The Balaban J connectivity index is 1.72. The van der Waals surface area contributed by atoms with Gasteiger partial charge >= 0.3 is 0 Å². The number of aromatic nitrogens is 1. The van der Waals surface area contributed by atoms with Crippen molar-refractivity contribution in [2.75, 3.05) is 5.32 Å². The number of nitrogens with zero attached hydrogens (tertiary/aromatic N) is 2. The van der Waals surface area contributed by atoms with Gasteiger partial charge in [-0.15, -0.1) is 0 Å². The number of amides is 1. The van der Waals surface area contributed by atoms with E-state index < -0.39 is 17.8 Å². The number of pyridine rings is 1. The van der Waals surface area contributed by atoms with Crippen LogP contribution in [0.5, 0.6) is 0 Å². The number of rotatable bonds is 4. The van der Waals surface area contributed by atoms with Gasteiger partial charge in [0.25, 0.3) is 5.91 Å². The zero-order valence-electron chi connectivity index (χ0n) is 13.7. The smallest absolute Gasteiger partial charge is 0.258 e. The molecule has 4 rings (SSSR count). The molecule has 1 aliphatic heterocycles. The molecule has 1 aromatic heterocycles. The van der Waals surface area contributed by atoms with E-state index in [1.807, 2.05) is 30.3 Å². The highest BCUT2D eigenvalue weighted by Gasteiger charge is 2.38. The third-order valence-corrected chi connectivity index (χ3v) is 4.32. The number of halogens is 2. The van der Waals surface area contributed by atoms with E-state index >= 15 is 0 Å². The monoisotopic (exact) mass is 351 g/mol. The summed E-state index contributed by atoms with van der Waals surface area (Å²) >= 11 is 0. The molecule has 1 N–H and O–H groups in total. The van der Waals surface area contributed by atoms with E-state index in [9.17, 15) is 13.6 Å². The van der Waals surface area contributed by atoms with Gasteiger partial charge < -0.3 is 10.2 Å². The first-order chi connectivity index (χ1) is 12.6. The van der Waals surface area contributed by atoms with Crippen molar-refractivity contribution in [2.24, 2.45) is 0 Å². The van der Waals surface area contributed by atoms with E-state index in [1.54, 1.807) is 23.2 Å². The lowest BCUT2D eigenvalue weighted by Crippen LogP contribution is -2.32. The second-order valence-corrected chi connectivity index (χ2v) is 6.03. The molecule has 1 aliphatic rings. The minimum absolute atomic E-state index is 0.0145. The van der Waals surface area contributed by atoms with Gasteiger partial charge in [0, 0.05) is 18.8 Å². The number of hydrogen-bond donors (Lipinski definition) is 1. The molecule has 4 nitrogen and oxygen atoms in total. The Labute approximate surface area is 149 Å². The molecule has 0 saturated heterocycles. The number of fused-ring (bicyclic) bond motifs is 1. The fourth-order valence-corrected chi connectivity index (χ4v) is 3.08. The van der Waals surface area contributed by atoms with Gasteiger partial charge in [0.05, 0.1) is 16.9 Å². The average molecular weight is 351 g/mol. The van der Waals surface area contributed by atoms with Crippen LogP contribution in [-0.4, -0.2) is 15.8 Å². The van der Waals surface area contributed by atoms with Crippen LogP contribution in [0.25, 0.3) is 0 Å². The molecule has 0 bridgehead atoms. The van der Waals surface area contributed by atoms with E-state index in [1.165, 1.54) is 0 Å².